The maximum absolute atomic E-state index is 13.5. The van der Waals surface area contributed by atoms with Crippen LogP contribution in [0.1, 0.15) is 26.3 Å². The molecule has 0 aliphatic heterocycles. The number of ether oxygens (including phenoxy) is 1. The molecule has 0 atom stereocenters. The molecule has 1 N–H and O–H groups in total. The first-order valence-electron chi connectivity index (χ1n) is 8.67. The third kappa shape index (κ3) is 6.63. The van der Waals surface area contributed by atoms with Crippen molar-refractivity contribution in [2.24, 2.45) is 4.99 Å². The van der Waals surface area contributed by atoms with E-state index in [2.05, 4.69) is 9.98 Å². The van der Waals surface area contributed by atoms with Crippen LogP contribution in [-0.4, -0.2) is 35.3 Å². The van der Waals surface area contributed by atoms with E-state index in [9.17, 15) is 23.2 Å². The number of halogens is 2. The summed E-state index contributed by atoms with van der Waals surface area (Å²) in [6.45, 7) is 4.91. The number of aromatic nitrogens is 1. The van der Waals surface area contributed by atoms with Gasteiger partial charge in [0.25, 0.3) is 5.91 Å². The predicted molar refractivity (Wildman–Crippen MR) is 104 cm³/mol. The molecule has 0 spiro atoms. The number of nitrogens with one attached hydrogen (secondary N) is 1. The maximum atomic E-state index is 13.5. The first-order valence-corrected chi connectivity index (χ1v) is 8.67. The van der Waals surface area contributed by atoms with Gasteiger partial charge >= 0.3 is 6.09 Å². The van der Waals surface area contributed by atoms with Gasteiger partial charge in [0.1, 0.15) is 22.9 Å². The number of aromatic amines is 1. The van der Waals surface area contributed by atoms with Crippen LogP contribution in [0.4, 0.5) is 19.3 Å². The van der Waals surface area contributed by atoms with Gasteiger partial charge in [-0.25, -0.2) is 13.6 Å². The molecule has 9 heteroatoms. The quantitative estimate of drug-likeness (QED) is 0.791. The molecule has 0 radical (unpaired) electrons. The van der Waals surface area contributed by atoms with E-state index in [0.717, 1.165) is 17.0 Å². The summed E-state index contributed by atoms with van der Waals surface area (Å²) < 4.78 is 32.2. The smallest absolute Gasteiger partial charge is 0.434 e. The Hall–Kier alpha value is -3.36. The summed E-state index contributed by atoms with van der Waals surface area (Å²) >= 11 is 0. The number of rotatable bonds is 4. The molecule has 1 aromatic heterocycles. The Morgan fingerprint density at radius 3 is 2.28 bits per heavy atom. The van der Waals surface area contributed by atoms with Crippen LogP contribution in [0.3, 0.4) is 0 Å². The molecule has 2 aromatic rings. The molecule has 2 rings (SSSR count). The third-order valence-electron chi connectivity index (χ3n) is 3.62. The molecule has 0 saturated heterocycles. The molecule has 0 aliphatic rings. The third-order valence-corrected chi connectivity index (χ3v) is 3.62. The lowest BCUT2D eigenvalue weighted by molar-refractivity contribution is -0.112. The number of hydrogen-bond donors (Lipinski definition) is 1. The number of hydrogen-bond acceptors (Lipinski definition) is 4. The molecule has 0 bridgehead atoms. The molecule has 1 heterocycles. The number of pyridine rings is 1. The molecule has 2 amide bonds. The Kier molecular flexibility index (Phi) is 6.63. The fourth-order valence-electron chi connectivity index (χ4n) is 2.39. The highest BCUT2D eigenvalue weighted by Gasteiger charge is 2.23. The number of carbonyl (C=O) groups excluding carboxylic acids is 2. The number of anilines is 1. The first kappa shape index (κ1) is 21.9. The topological polar surface area (TPSA) is 91.8 Å². The number of carbonyl (C=O) groups is 2. The van der Waals surface area contributed by atoms with E-state index in [4.69, 9.17) is 4.74 Å². The van der Waals surface area contributed by atoms with E-state index in [0.29, 0.717) is 11.8 Å². The Morgan fingerprint density at radius 1 is 1.14 bits per heavy atom. The molecular weight excluding hydrogens is 384 g/mol. The average molecular weight is 405 g/mol. The van der Waals surface area contributed by atoms with Gasteiger partial charge in [-0.15, -0.1) is 0 Å². The largest absolute Gasteiger partial charge is 0.442 e. The molecule has 0 saturated carbocycles. The van der Waals surface area contributed by atoms with Gasteiger partial charge in [0.2, 0.25) is 5.56 Å². The van der Waals surface area contributed by atoms with Crippen LogP contribution in [0, 0.1) is 11.6 Å². The summed E-state index contributed by atoms with van der Waals surface area (Å²) in [6.07, 6.45) is 0.000714. The van der Waals surface area contributed by atoms with E-state index in [1.807, 2.05) is 0 Å². The minimum atomic E-state index is -1.01. The maximum Gasteiger partial charge on any atom is 0.434 e. The molecular formula is C20H21F2N3O4. The van der Waals surface area contributed by atoms with Gasteiger partial charge in [-0.05, 0) is 44.5 Å². The summed E-state index contributed by atoms with van der Waals surface area (Å²) in [4.78, 5) is 43.6. The second-order valence-corrected chi connectivity index (χ2v) is 7.27. The number of nitrogens with zero attached hydrogens (tertiary/aromatic N) is 2. The highest BCUT2D eigenvalue weighted by atomic mass is 19.1. The molecule has 1 aromatic carbocycles. The van der Waals surface area contributed by atoms with E-state index in [1.54, 1.807) is 20.8 Å². The van der Waals surface area contributed by atoms with Crippen molar-refractivity contribution in [2.75, 3.05) is 11.9 Å². The van der Waals surface area contributed by atoms with E-state index in [-0.39, 0.29) is 23.3 Å². The van der Waals surface area contributed by atoms with Gasteiger partial charge in [-0.3, -0.25) is 9.59 Å². The first-order chi connectivity index (χ1) is 13.4. The van der Waals surface area contributed by atoms with Crippen molar-refractivity contribution in [1.82, 2.24) is 4.98 Å². The Bertz CT molecular complexity index is 969. The number of aliphatic imine (C=N–C) groups is 1. The van der Waals surface area contributed by atoms with Crippen molar-refractivity contribution < 1.29 is 23.1 Å². The van der Waals surface area contributed by atoms with Crippen LogP contribution in [0.15, 0.2) is 46.3 Å². The van der Waals surface area contributed by atoms with Gasteiger partial charge < -0.3 is 14.6 Å². The predicted octanol–water partition coefficient (Wildman–Crippen LogP) is 3.23. The van der Waals surface area contributed by atoms with Gasteiger partial charge in [0.15, 0.2) is 0 Å². The highest BCUT2D eigenvalue weighted by Crippen LogP contribution is 2.14. The van der Waals surface area contributed by atoms with Gasteiger partial charge in [-0.1, -0.05) is 0 Å². The zero-order chi connectivity index (χ0) is 21.8. The molecule has 0 unspecified atom stereocenters. The molecule has 154 valence electrons. The molecule has 0 fully saturated rings. The van der Waals surface area contributed by atoms with Crippen LogP contribution >= 0.6 is 0 Å². The van der Waals surface area contributed by atoms with Crippen molar-refractivity contribution in [3.63, 3.8) is 0 Å². The van der Waals surface area contributed by atoms with E-state index < -0.39 is 29.2 Å². The summed E-state index contributed by atoms with van der Waals surface area (Å²) in [7, 11) is 1.41. The summed E-state index contributed by atoms with van der Waals surface area (Å²) in [5.74, 6) is -2.34. The van der Waals surface area contributed by atoms with Crippen molar-refractivity contribution in [3.8, 4) is 0 Å². The van der Waals surface area contributed by atoms with Gasteiger partial charge in [-0.2, -0.15) is 4.99 Å². The van der Waals surface area contributed by atoms with Crippen molar-refractivity contribution in [3.05, 3.63) is 64.1 Å². The Balaban J connectivity index is 2.39. The van der Waals surface area contributed by atoms with E-state index >= 15 is 0 Å². The van der Waals surface area contributed by atoms with Crippen LogP contribution < -0.4 is 10.5 Å². The normalized spacial score (nSPS) is 11.9. The number of benzene rings is 1. The number of H-pyrrole nitrogens is 1. The fraction of sp³-hybridized carbons (Fsp3) is 0.300. The lowest BCUT2D eigenvalue weighted by Gasteiger charge is -2.20. The zero-order valence-electron chi connectivity index (χ0n) is 16.5. The van der Waals surface area contributed by atoms with Crippen molar-refractivity contribution in [1.29, 1.82) is 0 Å². The van der Waals surface area contributed by atoms with Crippen LogP contribution in [-0.2, 0) is 16.0 Å². The minimum Gasteiger partial charge on any atom is -0.442 e. The summed E-state index contributed by atoms with van der Waals surface area (Å²) in [5, 5.41) is 0. The minimum absolute atomic E-state index is 0.119. The van der Waals surface area contributed by atoms with Crippen LogP contribution in [0.2, 0.25) is 0 Å². The second-order valence-electron chi connectivity index (χ2n) is 7.27. The van der Waals surface area contributed by atoms with Gasteiger partial charge in [0.05, 0.1) is 5.69 Å². The standard InChI is InChI=1S/C20H21F2N3O4/c1-20(2,3)29-19(28)24-16(9-12-7-13(21)10-14(22)8-12)18(27)25(4)15-5-6-17(26)23-11-15/h5-8,10-11H,9H2,1-4H3,(H,23,26)/b24-16+. The van der Waals surface area contributed by atoms with Crippen molar-refractivity contribution >= 4 is 23.4 Å². The summed E-state index contributed by atoms with van der Waals surface area (Å²) in [6, 6.07) is 5.42. The van der Waals surface area contributed by atoms with Crippen LogP contribution in [0.5, 0.6) is 0 Å². The summed E-state index contributed by atoms with van der Waals surface area (Å²) in [5.41, 5.74) is -1.03. The molecule has 7 nitrogen and oxygen atoms in total. The SMILES string of the molecule is CN(C(=O)/C(Cc1cc(F)cc(F)c1)=N/C(=O)OC(C)(C)C)c1ccc(=O)[nH]c1. The second kappa shape index (κ2) is 8.76. The van der Waals surface area contributed by atoms with E-state index in [1.165, 1.54) is 25.4 Å². The monoisotopic (exact) mass is 405 g/mol. The molecule has 0 aliphatic carbocycles. The van der Waals surface area contributed by atoms with Gasteiger partial charge in [0, 0.05) is 31.8 Å². The fourth-order valence-corrected chi connectivity index (χ4v) is 2.39. The molecule has 29 heavy (non-hydrogen) atoms. The van der Waals surface area contributed by atoms with Crippen LogP contribution in [0.25, 0.3) is 0 Å². The number of amides is 2. The Morgan fingerprint density at radius 2 is 1.76 bits per heavy atom. The lowest BCUT2D eigenvalue weighted by Crippen LogP contribution is -2.36. The average Bonchev–Trinajstić information content (AvgIpc) is 2.58. The Labute approximate surface area is 166 Å². The highest BCUT2D eigenvalue weighted by molar-refractivity contribution is 6.45. The van der Waals surface area contributed by atoms with Crippen molar-refractivity contribution in [2.45, 2.75) is 32.8 Å². The zero-order valence-corrected chi connectivity index (χ0v) is 16.5. The lowest BCUT2D eigenvalue weighted by atomic mass is 10.1.